The Balaban J connectivity index is 1.54. The van der Waals surface area contributed by atoms with E-state index in [0.717, 1.165) is 35.0 Å². The van der Waals surface area contributed by atoms with Crippen LogP contribution in [0.15, 0.2) is 53.3 Å². The fraction of sp³-hybridized carbons (Fsp3) is 0.300. The molecule has 1 fully saturated rings. The van der Waals surface area contributed by atoms with Gasteiger partial charge >= 0.3 is 5.69 Å². The maximum Gasteiger partial charge on any atom is 0.326 e. The molecule has 0 spiro atoms. The van der Waals surface area contributed by atoms with Gasteiger partial charge in [0.25, 0.3) is 5.91 Å². The van der Waals surface area contributed by atoms with Crippen molar-refractivity contribution in [3.63, 3.8) is 0 Å². The molecule has 1 amide bonds. The molecule has 0 aliphatic carbocycles. The molecule has 2 aromatic carbocycles. The molecule has 1 saturated heterocycles. The molecule has 0 atom stereocenters. The molecule has 0 radical (unpaired) electrons. The number of fused-ring (bicyclic) bond motifs is 1. The van der Waals surface area contributed by atoms with Gasteiger partial charge in [-0.25, -0.2) is 4.79 Å². The van der Waals surface area contributed by atoms with Gasteiger partial charge < -0.3 is 9.88 Å². The molecule has 1 aromatic heterocycles. The fourth-order valence-corrected chi connectivity index (χ4v) is 3.75. The van der Waals surface area contributed by atoms with Crippen LogP contribution >= 0.6 is 0 Å². The highest BCUT2D eigenvalue weighted by atomic mass is 16.2. The summed E-state index contributed by atoms with van der Waals surface area (Å²) in [6, 6.07) is 15.6. The van der Waals surface area contributed by atoms with Gasteiger partial charge in [-0.3, -0.25) is 9.36 Å². The lowest BCUT2D eigenvalue weighted by Crippen LogP contribution is -2.40. The molecule has 0 bridgehead atoms. The first-order valence-corrected chi connectivity index (χ1v) is 8.69. The minimum absolute atomic E-state index is 0.0649. The Bertz CT molecular complexity index is 978. The summed E-state index contributed by atoms with van der Waals surface area (Å²) in [5.74, 6) is 0.0859. The smallest absolute Gasteiger partial charge is 0.326 e. The lowest BCUT2D eigenvalue weighted by molar-refractivity contribution is 0.0694. The van der Waals surface area contributed by atoms with Crippen LogP contribution < -0.4 is 5.69 Å². The first kappa shape index (κ1) is 15.7. The number of para-hydroxylation sites is 2. The van der Waals surface area contributed by atoms with E-state index in [1.165, 1.54) is 0 Å². The van der Waals surface area contributed by atoms with Gasteiger partial charge in [0.05, 0.1) is 11.0 Å². The number of aryl methyl sites for hydroxylation is 1. The van der Waals surface area contributed by atoms with E-state index in [-0.39, 0.29) is 17.6 Å². The molecule has 5 heteroatoms. The van der Waals surface area contributed by atoms with Crippen molar-refractivity contribution in [3.05, 3.63) is 70.1 Å². The standard InChI is InChI=1S/C20H21N3O2/c1-14-6-2-3-7-16(14)19(24)22-12-10-15(11-13-22)23-18-9-5-4-8-17(18)21-20(23)25/h2-9,15H,10-13H2,1H3,(H,21,25). The lowest BCUT2D eigenvalue weighted by atomic mass is 10.0. The number of nitrogens with zero attached hydrogens (tertiary/aromatic N) is 2. The summed E-state index contributed by atoms with van der Waals surface area (Å²) in [4.78, 5) is 29.9. The number of nitrogens with one attached hydrogen (secondary N) is 1. The topological polar surface area (TPSA) is 58.1 Å². The second kappa shape index (κ2) is 6.24. The van der Waals surface area contributed by atoms with Crippen LogP contribution in [-0.4, -0.2) is 33.4 Å². The molecule has 25 heavy (non-hydrogen) atoms. The Morgan fingerprint density at radius 2 is 1.72 bits per heavy atom. The lowest BCUT2D eigenvalue weighted by Gasteiger charge is -2.33. The third kappa shape index (κ3) is 2.76. The van der Waals surface area contributed by atoms with Crippen molar-refractivity contribution in [3.8, 4) is 0 Å². The number of hydrogen-bond acceptors (Lipinski definition) is 2. The fourth-order valence-electron chi connectivity index (χ4n) is 3.75. The van der Waals surface area contributed by atoms with E-state index in [2.05, 4.69) is 4.98 Å². The number of H-pyrrole nitrogens is 1. The van der Waals surface area contributed by atoms with E-state index in [9.17, 15) is 9.59 Å². The van der Waals surface area contributed by atoms with Gasteiger partial charge in [-0.1, -0.05) is 30.3 Å². The Morgan fingerprint density at radius 1 is 1.04 bits per heavy atom. The van der Waals surface area contributed by atoms with E-state index in [0.29, 0.717) is 13.1 Å². The van der Waals surface area contributed by atoms with Crippen LogP contribution in [0.4, 0.5) is 0 Å². The second-order valence-corrected chi connectivity index (χ2v) is 6.66. The van der Waals surface area contributed by atoms with E-state index in [4.69, 9.17) is 0 Å². The summed E-state index contributed by atoms with van der Waals surface area (Å²) in [7, 11) is 0. The summed E-state index contributed by atoms with van der Waals surface area (Å²) in [6.07, 6.45) is 1.58. The van der Waals surface area contributed by atoms with E-state index >= 15 is 0 Å². The molecule has 2 heterocycles. The van der Waals surface area contributed by atoms with Crippen molar-refractivity contribution < 1.29 is 4.79 Å². The van der Waals surface area contributed by atoms with E-state index < -0.39 is 0 Å². The van der Waals surface area contributed by atoms with Crippen LogP contribution in [0.5, 0.6) is 0 Å². The molecule has 5 nitrogen and oxygen atoms in total. The van der Waals surface area contributed by atoms with Gasteiger partial charge in [0, 0.05) is 24.7 Å². The zero-order valence-corrected chi connectivity index (χ0v) is 14.2. The van der Waals surface area contributed by atoms with Crippen LogP contribution in [0, 0.1) is 6.92 Å². The van der Waals surface area contributed by atoms with Crippen molar-refractivity contribution in [1.82, 2.24) is 14.5 Å². The Hall–Kier alpha value is -2.82. The van der Waals surface area contributed by atoms with E-state index in [1.54, 1.807) is 0 Å². The molecule has 128 valence electrons. The molecular weight excluding hydrogens is 314 g/mol. The number of amides is 1. The summed E-state index contributed by atoms with van der Waals surface area (Å²) < 4.78 is 1.85. The number of carbonyl (C=O) groups excluding carboxylic acids is 1. The number of piperidine rings is 1. The van der Waals surface area contributed by atoms with Crippen LogP contribution in [0.1, 0.15) is 34.8 Å². The number of aromatic nitrogens is 2. The Kier molecular flexibility index (Phi) is 3.92. The number of hydrogen-bond donors (Lipinski definition) is 1. The van der Waals surface area contributed by atoms with Crippen molar-refractivity contribution >= 4 is 16.9 Å². The number of aromatic amines is 1. The van der Waals surface area contributed by atoms with Crippen LogP contribution in [0.25, 0.3) is 11.0 Å². The van der Waals surface area contributed by atoms with Gasteiger partial charge in [-0.2, -0.15) is 0 Å². The third-order valence-electron chi connectivity index (χ3n) is 5.12. The monoisotopic (exact) mass is 335 g/mol. The first-order chi connectivity index (χ1) is 12.1. The molecular formula is C20H21N3O2. The molecule has 0 unspecified atom stereocenters. The predicted molar refractivity (Wildman–Crippen MR) is 97.9 cm³/mol. The van der Waals surface area contributed by atoms with Gasteiger partial charge in [0.1, 0.15) is 0 Å². The minimum atomic E-state index is -0.0649. The second-order valence-electron chi connectivity index (χ2n) is 6.66. The molecule has 1 aliphatic rings. The van der Waals surface area contributed by atoms with Gasteiger partial charge in [-0.05, 0) is 43.5 Å². The maximum atomic E-state index is 12.7. The summed E-state index contributed by atoms with van der Waals surface area (Å²) >= 11 is 0. The highest BCUT2D eigenvalue weighted by Crippen LogP contribution is 2.26. The van der Waals surface area contributed by atoms with Crippen molar-refractivity contribution in [2.24, 2.45) is 0 Å². The summed E-state index contributed by atoms with van der Waals surface area (Å²) in [6.45, 7) is 3.30. The minimum Gasteiger partial charge on any atom is -0.338 e. The SMILES string of the molecule is Cc1ccccc1C(=O)N1CCC(n2c(=O)[nH]c3ccccc32)CC1. The van der Waals surface area contributed by atoms with Gasteiger partial charge in [0.2, 0.25) is 0 Å². The predicted octanol–water partition coefficient (Wildman–Crippen LogP) is 3.12. The molecule has 3 aromatic rings. The average molecular weight is 335 g/mol. The average Bonchev–Trinajstić information content (AvgIpc) is 2.97. The van der Waals surface area contributed by atoms with Crippen LogP contribution in [0.2, 0.25) is 0 Å². The maximum absolute atomic E-state index is 12.7. The van der Waals surface area contributed by atoms with Crippen LogP contribution in [-0.2, 0) is 0 Å². The number of benzene rings is 2. The first-order valence-electron chi connectivity index (χ1n) is 8.69. The third-order valence-corrected chi connectivity index (χ3v) is 5.12. The Morgan fingerprint density at radius 3 is 2.48 bits per heavy atom. The highest BCUT2D eigenvalue weighted by molar-refractivity contribution is 5.95. The highest BCUT2D eigenvalue weighted by Gasteiger charge is 2.27. The quantitative estimate of drug-likeness (QED) is 0.782. The number of imidazole rings is 1. The Labute approximate surface area is 145 Å². The van der Waals surface area contributed by atoms with Crippen molar-refractivity contribution in [1.29, 1.82) is 0 Å². The summed E-state index contributed by atoms with van der Waals surface area (Å²) in [5.41, 5.74) is 3.51. The zero-order valence-electron chi connectivity index (χ0n) is 14.2. The summed E-state index contributed by atoms with van der Waals surface area (Å²) in [5, 5.41) is 0. The normalized spacial score (nSPS) is 15.6. The number of likely N-dealkylation sites (tertiary alicyclic amines) is 1. The van der Waals surface area contributed by atoms with Gasteiger partial charge in [0.15, 0.2) is 0 Å². The molecule has 4 rings (SSSR count). The van der Waals surface area contributed by atoms with Crippen LogP contribution in [0.3, 0.4) is 0 Å². The molecule has 1 aliphatic heterocycles. The van der Waals surface area contributed by atoms with Crippen molar-refractivity contribution in [2.75, 3.05) is 13.1 Å². The molecule has 0 saturated carbocycles. The zero-order chi connectivity index (χ0) is 17.4. The largest absolute Gasteiger partial charge is 0.338 e. The number of carbonyl (C=O) groups is 1. The van der Waals surface area contributed by atoms with Crippen molar-refractivity contribution in [2.45, 2.75) is 25.8 Å². The molecule has 1 N–H and O–H groups in total. The van der Waals surface area contributed by atoms with Gasteiger partial charge in [-0.15, -0.1) is 0 Å². The number of rotatable bonds is 2. The van der Waals surface area contributed by atoms with E-state index in [1.807, 2.05) is 64.9 Å².